The third-order valence-corrected chi connectivity index (χ3v) is 4.51. The number of rotatable bonds is 7. The van der Waals surface area contributed by atoms with Gasteiger partial charge in [-0.2, -0.15) is 4.98 Å². The molecule has 0 amide bonds. The first-order chi connectivity index (χ1) is 13.8. The molecule has 0 saturated carbocycles. The van der Waals surface area contributed by atoms with E-state index in [0.29, 0.717) is 5.95 Å². The van der Waals surface area contributed by atoms with Gasteiger partial charge in [-0.25, -0.2) is 4.98 Å². The Bertz CT molecular complexity index is 1060. The number of hydrogen-bond acceptors (Lipinski definition) is 5. The molecule has 0 radical (unpaired) electrons. The first-order valence-corrected chi connectivity index (χ1v) is 9.62. The van der Waals surface area contributed by atoms with Crippen molar-refractivity contribution in [1.82, 2.24) is 15.0 Å². The van der Waals surface area contributed by atoms with Crippen molar-refractivity contribution in [2.24, 2.45) is 0 Å². The summed E-state index contributed by atoms with van der Waals surface area (Å²) in [6, 6.07) is 22.2. The molecule has 5 nitrogen and oxygen atoms in total. The minimum absolute atomic E-state index is 0.554. The molecule has 0 spiro atoms. The van der Waals surface area contributed by atoms with E-state index < -0.39 is 0 Å². The highest BCUT2D eigenvalue weighted by Gasteiger charge is 2.09. The summed E-state index contributed by atoms with van der Waals surface area (Å²) in [5.41, 5.74) is 3.73. The Labute approximate surface area is 164 Å². The van der Waals surface area contributed by atoms with Crippen LogP contribution in [0.4, 0.5) is 17.5 Å². The number of hydrogen-bond donors (Lipinski definition) is 2. The molecule has 5 heteroatoms. The molecule has 0 atom stereocenters. The smallest absolute Gasteiger partial charge is 0.229 e. The van der Waals surface area contributed by atoms with Crippen LogP contribution >= 0.6 is 0 Å². The van der Waals surface area contributed by atoms with E-state index in [1.165, 1.54) is 0 Å². The molecule has 0 saturated heterocycles. The molecule has 0 bridgehead atoms. The van der Waals surface area contributed by atoms with Gasteiger partial charge in [0.05, 0.1) is 16.9 Å². The van der Waals surface area contributed by atoms with Crippen LogP contribution in [0.2, 0.25) is 0 Å². The van der Waals surface area contributed by atoms with Crippen molar-refractivity contribution in [3.63, 3.8) is 0 Å². The van der Waals surface area contributed by atoms with Gasteiger partial charge in [0.15, 0.2) is 0 Å². The summed E-state index contributed by atoms with van der Waals surface area (Å²) in [7, 11) is 0. The number of nitrogens with one attached hydrogen (secondary N) is 2. The lowest BCUT2D eigenvalue weighted by Gasteiger charge is -2.12. The second kappa shape index (κ2) is 8.48. The van der Waals surface area contributed by atoms with Gasteiger partial charge in [-0.3, -0.25) is 4.98 Å². The van der Waals surface area contributed by atoms with Gasteiger partial charge in [0.1, 0.15) is 5.82 Å². The highest BCUT2D eigenvalue weighted by molar-refractivity contribution is 5.91. The lowest BCUT2D eigenvalue weighted by atomic mass is 10.1. The Kier molecular flexibility index (Phi) is 5.43. The molecule has 4 aromatic rings. The first kappa shape index (κ1) is 17.9. The van der Waals surface area contributed by atoms with Crippen LogP contribution in [0.15, 0.2) is 72.9 Å². The molecule has 2 N–H and O–H groups in total. The van der Waals surface area contributed by atoms with Crippen LogP contribution in [0.5, 0.6) is 0 Å². The zero-order chi connectivity index (χ0) is 19.2. The molecule has 0 aliphatic rings. The maximum absolute atomic E-state index is 4.74. The van der Waals surface area contributed by atoms with Crippen LogP contribution in [0, 0.1) is 0 Å². The normalized spacial score (nSPS) is 10.8. The number of pyridine rings is 1. The van der Waals surface area contributed by atoms with Crippen LogP contribution in [0.1, 0.15) is 19.8 Å². The number of fused-ring (bicyclic) bond motifs is 1. The average molecular weight is 369 g/mol. The summed E-state index contributed by atoms with van der Waals surface area (Å²) < 4.78 is 0. The van der Waals surface area contributed by atoms with Gasteiger partial charge in [0, 0.05) is 29.8 Å². The fourth-order valence-electron chi connectivity index (χ4n) is 3.07. The Hall–Kier alpha value is -3.47. The quantitative estimate of drug-likeness (QED) is 0.412. The minimum atomic E-state index is 0.554. The molecule has 2 heterocycles. The van der Waals surface area contributed by atoms with Crippen molar-refractivity contribution in [2.45, 2.75) is 19.8 Å². The van der Waals surface area contributed by atoms with Crippen molar-refractivity contribution >= 4 is 28.4 Å². The maximum atomic E-state index is 4.74. The van der Waals surface area contributed by atoms with Crippen molar-refractivity contribution in [3.05, 3.63) is 72.9 Å². The molecule has 140 valence electrons. The first-order valence-electron chi connectivity index (χ1n) is 9.62. The molecular formula is C23H23N5. The lowest BCUT2D eigenvalue weighted by Crippen LogP contribution is -2.07. The third-order valence-electron chi connectivity index (χ3n) is 4.51. The summed E-state index contributed by atoms with van der Waals surface area (Å²) in [5.74, 6) is 1.37. The summed E-state index contributed by atoms with van der Waals surface area (Å²) in [6.45, 7) is 3.06. The van der Waals surface area contributed by atoms with E-state index in [-0.39, 0.29) is 0 Å². The van der Waals surface area contributed by atoms with Crippen LogP contribution in [-0.4, -0.2) is 21.5 Å². The molecule has 2 aromatic heterocycles. The fraction of sp³-hybridized carbons (Fsp3) is 0.174. The summed E-state index contributed by atoms with van der Waals surface area (Å²) in [6.07, 6.45) is 4.03. The zero-order valence-corrected chi connectivity index (χ0v) is 15.9. The number of nitrogens with zero attached hydrogens (tertiary/aromatic N) is 3. The number of benzene rings is 2. The largest absolute Gasteiger partial charge is 0.370 e. The molecule has 28 heavy (non-hydrogen) atoms. The van der Waals surface area contributed by atoms with Crippen molar-refractivity contribution in [2.75, 3.05) is 17.2 Å². The SMILES string of the molecule is CCCCNc1cc(-c2ccccc2)nc(Nc2cccc3cccnc23)n1. The van der Waals surface area contributed by atoms with E-state index in [2.05, 4.69) is 39.7 Å². The van der Waals surface area contributed by atoms with E-state index in [1.807, 2.05) is 54.6 Å². The zero-order valence-electron chi connectivity index (χ0n) is 15.9. The van der Waals surface area contributed by atoms with Gasteiger partial charge < -0.3 is 10.6 Å². The summed E-state index contributed by atoms with van der Waals surface area (Å²) in [4.78, 5) is 13.9. The van der Waals surface area contributed by atoms with E-state index in [1.54, 1.807) is 6.20 Å². The molecule has 0 fully saturated rings. The molecule has 4 rings (SSSR count). The van der Waals surface area contributed by atoms with E-state index in [0.717, 1.165) is 53.1 Å². The predicted molar refractivity (Wildman–Crippen MR) is 116 cm³/mol. The van der Waals surface area contributed by atoms with Crippen LogP contribution in [0.3, 0.4) is 0 Å². The topological polar surface area (TPSA) is 62.7 Å². The van der Waals surface area contributed by atoms with Crippen molar-refractivity contribution in [1.29, 1.82) is 0 Å². The van der Waals surface area contributed by atoms with Gasteiger partial charge in [0.2, 0.25) is 5.95 Å². The standard InChI is InChI=1S/C23H23N5/c1-2-3-14-24-21-16-20(17-9-5-4-6-10-17)27-23(28-21)26-19-13-7-11-18-12-8-15-25-22(18)19/h4-13,15-16H,2-3,14H2,1H3,(H2,24,26,27,28). The number of aromatic nitrogens is 3. The highest BCUT2D eigenvalue weighted by Crippen LogP contribution is 2.26. The fourth-order valence-corrected chi connectivity index (χ4v) is 3.07. The van der Waals surface area contributed by atoms with Crippen LogP contribution < -0.4 is 10.6 Å². The Morgan fingerprint density at radius 2 is 1.75 bits per heavy atom. The third kappa shape index (κ3) is 4.09. The maximum Gasteiger partial charge on any atom is 0.229 e. The second-order valence-electron chi connectivity index (χ2n) is 6.61. The Balaban J connectivity index is 1.71. The molecule has 0 aliphatic carbocycles. The van der Waals surface area contributed by atoms with E-state index >= 15 is 0 Å². The molecule has 0 unspecified atom stereocenters. The Morgan fingerprint density at radius 1 is 0.893 bits per heavy atom. The molecular weight excluding hydrogens is 346 g/mol. The van der Waals surface area contributed by atoms with Gasteiger partial charge >= 0.3 is 0 Å². The van der Waals surface area contributed by atoms with E-state index in [4.69, 9.17) is 4.98 Å². The minimum Gasteiger partial charge on any atom is -0.370 e. The number of unbranched alkanes of at least 4 members (excludes halogenated alkanes) is 1. The monoisotopic (exact) mass is 369 g/mol. The van der Waals surface area contributed by atoms with Crippen LogP contribution in [0.25, 0.3) is 22.2 Å². The van der Waals surface area contributed by atoms with Gasteiger partial charge in [-0.1, -0.05) is 61.9 Å². The lowest BCUT2D eigenvalue weighted by molar-refractivity contribution is 0.830. The summed E-state index contributed by atoms with van der Waals surface area (Å²) in [5, 5.41) is 7.85. The molecule has 0 aliphatic heterocycles. The van der Waals surface area contributed by atoms with Gasteiger partial charge in [0.25, 0.3) is 0 Å². The second-order valence-corrected chi connectivity index (χ2v) is 6.61. The summed E-state index contributed by atoms with van der Waals surface area (Å²) >= 11 is 0. The number of para-hydroxylation sites is 1. The predicted octanol–water partition coefficient (Wildman–Crippen LogP) is 5.65. The van der Waals surface area contributed by atoms with Crippen molar-refractivity contribution in [3.8, 4) is 11.3 Å². The Morgan fingerprint density at radius 3 is 2.61 bits per heavy atom. The van der Waals surface area contributed by atoms with Gasteiger partial charge in [-0.15, -0.1) is 0 Å². The van der Waals surface area contributed by atoms with Gasteiger partial charge in [-0.05, 0) is 18.6 Å². The number of anilines is 3. The van der Waals surface area contributed by atoms with Crippen molar-refractivity contribution < 1.29 is 0 Å². The molecule has 2 aromatic carbocycles. The van der Waals surface area contributed by atoms with Crippen LogP contribution in [-0.2, 0) is 0 Å². The average Bonchev–Trinajstić information content (AvgIpc) is 2.75. The highest BCUT2D eigenvalue weighted by atomic mass is 15.1. The van der Waals surface area contributed by atoms with E-state index in [9.17, 15) is 0 Å².